The summed E-state index contributed by atoms with van der Waals surface area (Å²) in [5, 5.41) is 0. The van der Waals surface area contributed by atoms with E-state index < -0.39 is 23.3 Å². The summed E-state index contributed by atoms with van der Waals surface area (Å²) in [5.41, 5.74) is 4.75. The van der Waals surface area contributed by atoms with Crippen molar-refractivity contribution in [2.75, 3.05) is 13.1 Å². The first-order valence-electron chi connectivity index (χ1n) is 17.6. The number of carbonyl (C=O) groups excluding carboxylic acids is 3. The highest BCUT2D eigenvalue weighted by molar-refractivity contribution is 5.89. The zero-order valence-electron chi connectivity index (χ0n) is 30.3. The Kier molecular flexibility index (Phi) is 9.05. The molecule has 2 aliphatic rings. The molecule has 2 aromatic heterocycles. The van der Waals surface area contributed by atoms with E-state index in [-0.39, 0.29) is 24.3 Å². The molecule has 258 valence electrons. The lowest BCUT2D eigenvalue weighted by Gasteiger charge is -2.28. The number of hydrogen-bond acceptors (Lipinski definition) is 6. The number of likely N-dealkylation sites (tertiary alicyclic amines) is 2. The van der Waals surface area contributed by atoms with Crippen LogP contribution >= 0.6 is 0 Å². The Morgan fingerprint density at radius 1 is 0.755 bits per heavy atom. The first-order chi connectivity index (χ1) is 23.7. The molecule has 4 aromatic rings. The zero-order chi connectivity index (χ0) is 35.8. The van der Waals surface area contributed by atoms with Gasteiger partial charge < -0.3 is 19.4 Å². The van der Waals surface area contributed by atoms with Crippen molar-refractivity contribution in [3.63, 3.8) is 0 Å². The molecular formula is C39H47N5O5. The smallest absolute Gasteiger partial charge is 0.410 e. The van der Waals surface area contributed by atoms with E-state index in [0.29, 0.717) is 19.5 Å². The van der Waals surface area contributed by atoms with E-state index in [0.717, 1.165) is 64.4 Å². The topological polar surface area (TPSA) is 121 Å². The molecule has 2 aromatic carbocycles. The maximum absolute atomic E-state index is 13.2. The van der Waals surface area contributed by atoms with Crippen LogP contribution in [-0.4, -0.2) is 73.0 Å². The maximum atomic E-state index is 13.2. The molecule has 10 heteroatoms. The minimum atomic E-state index is -0.614. The average Bonchev–Trinajstić information content (AvgIpc) is 3.86. The number of Topliss-reactive ketones (excluding diaryl/α,β-unsaturated/α-hetero) is 1. The lowest BCUT2D eigenvalue weighted by Crippen LogP contribution is -2.43. The normalized spacial score (nSPS) is 18.4. The van der Waals surface area contributed by atoms with Gasteiger partial charge in [-0.3, -0.25) is 14.6 Å². The number of imidazole rings is 1. The van der Waals surface area contributed by atoms with E-state index >= 15 is 0 Å². The molecule has 0 radical (unpaired) electrons. The van der Waals surface area contributed by atoms with Crippen molar-refractivity contribution >= 4 is 18.0 Å². The van der Waals surface area contributed by atoms with Crippen molar-refractivity contribution in [1.82, 2.24) is 24.7 Å². The summed E-state index contributed by atoms with van der Waals surface area (Å²) in [6.07, 6.45) is 4.40. The molecular weight excluding hydrogens is 618 g/mol. The van der Waals surface area contributed by atoms with Crippen LogP contribution < -0.4 is 0 Å². The fraction of sp³-hybridized carbons (Fsp3) is 0.436. The van der Waals surface area contributed by atoms with Crippen molar-refractivity contribution in [1.29, 1.82) is 0 Å². The fourth-order valence-electron chi connectivity index (χ4n) is 6.50. The molecule has 2 N–H and O–H groups in total. The molecule has 2 atom stereocenters. The molecule has 0 bridgehead atoms. The number of H-pyrrole nitrogens is 2. The highest BCUT2D eigenvalue weighted by Crippen LogP contribution is 2.34. The number of benzene rings is 2. The summed E-state index contributed by atoms with van der Waals surface area (Å²) >= 11 is 0. The predicted octanol–water partition coefficient (Wildman–Crippen LogP) is 8.32. The number of hydrogen-bond donors (Lipinski definition) is 2. The van der Waals surface area contributed by atoms with Gasteiger partial charge in [0.15, 0.2) is 7.20 Å². The second-order valence-corrected chi connectivity index (χ2v) is 15.0. The number of ketones is 1. The number of amides is 2. The molecule has 0 saturated carbocycles. The SMILES string of the molecule is [2H]n1c(-c2ccc(CC(=O)C3CCCN3C(=O)OC(C)(C)C)cc2)ccc1-c1ccc(-c2cnc(C3CCCN3C(=O)OC(C)(C)C)[nH]2)cc1. The van der Waals surface area contributed by atoms with Gasteiger partial charge in [-0.1, -0.05) is 48.5 Å². The second-order valence-electron chi connectivity index (χ2n) is 15.0. The van der Waals surface area contributed by atoms with E-state index in [4.69, 9.17) is 10.9 Å². The summed E-state index contributed by atoms with van der Waals surface area (Å²) in [6.45, 7) is 12.2. The third-order valence-corrected chi connectivity index (χ3v) is 8.80. The van der Waals surface area contributed by atoms with Crippen LogP contribution in [0, 0.1) is 0 Å². The second kappa shape index (κ2) is 13.6. The molecule has 2 amide bonds. The summed E-state index contributed by atoms with van der Waals surface area (Å²) in [4.78, 5) is 51.4. The van der Waals surface area contributed by atoms with E-state index in [2.05, 4.69) is 9.97 Å². The van der Waals surface area contributed by atoms with Gasteiger partial charge in [-0.25, -0.2) is 14.6 Å². The maximum Gasteiger partial charge on any atom is 0.410 e. The van der Waals surface area contributed by atoms with Crippen LogP contribution in [0.1, 0.15) is 84.7 Å². The molecule has 2 fully saturated rings. The molecule has 2 unspecified atom stereocenters. The first-order valence-corrected chi connectivity index (χ1v) is 17.1. The predicted molar refractivity (Wildman–Crippen MR) is 189 cm³/mol. The summed E-state index contributed by atoms with van der Waals surface area (Å²) in [7, 11) is 0. The number of nitrogens with one attached hydrogen (secondary N) is 2. The number of rotatable bonds is 7. The van der Waals surface area contributed by atoms with E-state index in [1.807, 2.05) is 102 Å². The first kappa shape index (κ1) is 32.7. The fourth-order valence-corrected chi connectivity index (χ4v) is 6.50. The standard InChI is InChI=1S/C39H47N5O5/c1-38(2,3)48-36(46)43-21-7-9-32(43)34(45)23-25-11-13-26(14-12-25)29-19-20-30(41-29)27-15-17-28(18-16-27)31-24-40-35(42-31)33-10-8-22-44(33)37(47)49-39(4,5)6/h11-20,24,32-33,41H,7-10,21-23H2,1-6H3,(H,40,42)/i/hD. The van der Waals surface area contributed by atoms with Gasteiger partial charge in [-0.2, -0.15) is 0 Å². The van der Waals surface area contributed by atoms with E-state index in [1.165, 1.54) is 4.98 Å². The highest BCUT2D eigenvalue weighted by atomic mass is 16.6. The number of ether oxygens (including phenoxy) is 2. The van der Waals surface area contributed by atoms with Gasteiger partial charge >= 0.3 is 12.2 Å². The van der Waals surface area contributed by atoms with E-state index in [1.54, 1.807) is 16.0 Å². The summed E-state index contributed by atoms with van der Waals surface area (Å²) < 4.78 is 20.0. The number of carbonyl (C=O) groups is 3. The van der Waals surface area contributed by atoms with Gasteiger partial charge in [0, 0.05) is 30.9 Å². The van der Waals surface area contributed by atoms with Crippen LogP contribution in [0.15, 0.2) is 66.9 Å². The van der Waals surface area contributed by atoms with Gasteiger partial charge in [0.1, 0.15) is 17.0 Å². The molecule has 0 aliphatic carbocycles. The molecule has 2 saturated heterocycles. The Morgan fingerprint density at radius 3 is 1.86 bits per heavy atom. The summed E-state index contributed by atoms with van der Waals surface area (Å²) in [5.74, 6) is 0.747. The minimum Gasteiger partial charge on any atom is -0.444 e. The molecule has 4 heterocycles. The van der Waals surface area contributed by atoms with Gasteiger partial charge in [0.2, 0.25) is 0 Å². The molecule has 49 heavy (non-hydrogen) atoms. The van der Waals surface area contributed by atoms with Crippen molar-refractivity contribution in [3.8, 4) is 33.8 Å². The zero-order valence-corrected chi connectivity index (χ0v) is 29.3. The minimum absolute atomic E-state index is 0.00312. The Balaban J connectivity index is 1.10. The number of aromatic amines is 2. The van der Waals surface area contributed by atoms with Crippen LogP contribution in [0.2, 0.25) is 1.41 Å². The number of nitrogens with zero attached hydrogens (tertiary/aromatic N) is 3. The van der Waals surface area contributed by atoms with Crippen LogP contribution in [-0.2, 0) is 20.7 Å². The Morgan fingerprint density at radius 2 is 1.27 bits per heavy atom. The van der Waals surface area contributed by atoms with E-state index in [9.17, 15) is 14.4 Å². The Hall–Kier alpha value is -4.86. The molecule has 10 nitrogen and oxygen atoms in total. The summed E-state index contributed by atoms with van der Waals surface area (Å²) in [6, 6.07) is 18.9. The molecule has 6 rings (SSSR count). The molecule has 2 aliphatic heterocycles. The van der Waals surface area contributed by atoms with Gasteiger partial charge in [0.25, 0.3) is 0 Å². The average molecular weight is 667 g/mol. The third kappa shape index (κ3) is 8.07. The third-order valence-electron chi connectivity index (χ3n) is 8.80. The monoisotopic (exact) mass is 666 g/mol. The lowest BCUT2D eigenvalue weighted by atomic mass is 10.0. The van der Waals surface area contributed by atoms with Crippen LogP contribution in [0.5, 0.6) is 0 Å². The quantitative estimate of drug-likeness (QED) is 0.205. The lowest BCUT2D eigenvalue weighted by molar-refractivity contribution is -0.122. The van der Waals surface area contributed by atoms with Gasteiger partial charge in [0.05, 0.1) is 24.0 Å². The van der Waals surface area contributed by atoms with Crippen LogP contribution in [0.4, 0.5) is 9.59 Å². The largest absolute Gasteiger partial charge is 0.444 e. The van der Waals surface area contributed by atoms with Crippen LogP contribution in [0.25, 0.3) is 33.8 Å². The number of aromatic nitrogens is 3. The Bertz CT molecular complexity index is 1850. The van der Waals surface area contributed by atoms with Gasteiger partial charge in [-0.15, -0.1) is 0 Å². The Labute approximate surface area is 289 Å². The van der Waals surface area contributed by atoms with Gasteiger partial charge in [-0.05, 0) is 102 Å². The van der Waals surface area contributed by atoms with Crippen molar-refractivity contribution in [3.05, 3.63) is 78.2 Å². The van der Waals surface area contributed by atoms with Crippen molar-refractivity contribution in [2.24, 2.45) is 0 Å². The van der Waals surface area contributed by atoms with Crippen molar-refractivity contribution < 1.29 is 25.3 Å². The van der Waals surface area contributed by atoms with Crippen molar-refractivity contribution in [2.45, 2.75) is 96.9 Å². The van der Waals surface area contributed by atoms with Crippen LogP contribution in [0.3, 0.4) is 0 Å². The molecule has 0 spiro atoms. The highest BCUT2D eigenvalue weighted by Gasteiger charge is 2.37.